The number of hydrogen-bond acceptors (Lipinski definition) is 2. The molecule has 0 aliphatic rings. The highest BCUT2D eigenvalue weighted by molar-refractivity contribution is 6.00. The molecule has 3 aromatic carbocycles. The normalized spacial score (nSPS) is 11.1. The van der Waals surface area contributed by atoms with Crippen molar-refractivity contribution in [3.05, 3.63) is 102 Å². The van der Waals surface area contributed by atoms with Crippen molar-refractivity contribution >= 4 is 11.6 Å². The van der Waals surface area contributed by atoms with Crippen LogP contribution < -0.4 is 5.32 Å². The molecule has 3 aromatic rings. The summed E-state index contributed by atoms with van der Waals surface area (Å²) in [6.07, 6.45) is 0. The van der Waals surface area contributed by atoms with Gasteiger partial charge in [-0.15, -0.1) is 0 Å². The Morgan fingerprint density at radius 2 is 1.38 bits per heavy atom. The van der Waals surface area contributed by atoms with Crippen molar-refractivity contribution in [2.75, 3.05) is 5.32 Å². The molecule has 0 aliphatic carbocycles. The van der Waals surface area contributed by atoms with Crippen LogP contribution in [0.3, 0.4) is 0 Å². The fourth-order valence-electron chi connectivity index (χ4n) is 2.58. The van der Waals surface area contributed by atoms with Crippen LogP contribution in [0.5, 0.6) is 0 Å². The lowest BCUT2D eigenvalue weighted by Gasteiger charge is -2.28. The second-order valence-electron chi connectivity index (χ2n) is 5.41. The second kappa shape index (κ2) is 6.64. The summed E-state index contributed by atoms with van der Waals surface area (Å²) in [6, 6.07) is 22.9. The molecule has 0 saturated heterocycles. The number of anilines is 1. The van der Waals surface area contributed by atoms with E-state index in [4.69, 9.17) is 0 Å². The number of aliphatic hydroxyl groups is 1. The molecule has 1 amide bonds. The Hall–Kier alpha value is -2.98. The molecule has 3 nitrogen and oxygen atoms in total. The summed E-state index contributed by atoms with van der Waals surface area (Å²) in [6.45, 7) is 0. The Bertz CT molecular complexity index is 795. The maximum absolute atomic E-state index is 13.3. The molecule has 0 aromatic heterocycles. The number of carbonyl (C=O) groups is 1. The molecule has 0 radical (unpaired) electrons. The van der Waals surface area contributed by atoms with Crippen molar-refractivity contribution in [2.24, 2.45) is 0 Å². The van der Waals surface area contributed by atoms with Gasteiger partial charge in [0, 0.05) is 5.69 Å². The van der Waals surface area contributed by atoms with Crippen LogP contribution in [0.2, 0.25) is 0 Å². The van der Waals surface area contributed by atoms with Crippen molar-refractivity contribution in [1.29, 1.82) is 0 Å². The van der Waals surface area contributed by atoms with Crippen molar-refractivity contribution in [3.63, 3.8) is 0 Å². The molecule has 3 rings (SSSR count). The average molecular weight is 321 g/mol. The molecule has 4 heteroatoms. The number of rotatable bonds is 4. The van der Waals surface area contributed by atoms with Crippen LogP contribution in [0.4, 0.5) is 10.1 Å². The number of benzene rings is 3. The molecule has 0 fully saturated rings. The van der Waals surface area contributed by atoms with Gasteiger partial charge in [-0.3, -0.25) is 4.79 Å². The van der Waals surface area contributed by atoms with Gasteiger partial charge in [0.05, 0.1) is 0 Å². The van der Waals surface area contributed by atoms with E-state index in [-0.39, 0.29) is 5.69 Å². The molecule has 0 saturated carbocycles. The monoisotopic (exact) mass is 321 g/mol. The fourth-order valence-corrected chi connectivity index (χ4v) is 2.58. The van der Waals surface area contributed by atoms with Gasteiger partial charge < -0.3 is 10.4 Å². The summed E-state index contributed by atoms with van der Waals surface area (Å²) in [5.41, 5.74) is -0.727. The van der Waals surface area contributed by atoms with Gasteiger partial charge in [-0.2, -0.15) is 0 Å². The Kier molecular flexibility index (Phi) is 4.40. The number of carbonyl (C=O) groups excluding carboxylic acids is 1. The smallest absolute Gasteiger partial charge is 0.265 e. The topological polar surface area (TPSA) is 49.3 Å². The first-order chi connectivity index (χ1) is 11.6. The predicted molar refractivity (Wildman–Crippen MR) is 90.9 cm³/mol. The Labute approximate surface area is 139 Å². The third-order valence-corrected chi connectivity index (χ3v) is 3.79. The summed E-state index contributed by atoms with van der Waals surface area (Å²) >= 11 is 0. The number of nitrogens with one attached hydrogen (secondary N) is 1. The first kappa shape index (κ1) is 15.9. The molecule has 24 heavy (non-hydrogen) atoms. The van der Waals surface area contributed by atoms with Gasteiger partial charge in [0.15, 0.2) is 5.60 Å². The van der Waals surface area contributed by atoms with Crippen LogP contribution in [0.15, 0.2) is 84.9 Å². The average Bonchev–Trinajstić information content (AvgIpc) is 2.62. The summed E-state index contributed by atoms with van der Waals surface area (Å²) in [5.74, 6) is -1.11. The minimum Gasteiger partial charge on any atom is -0.372 e. The van der Waals surface area contributed by atoms with Crippen molar-refractivity contribution in [3.8, 4) is 0 Å². The molecule has 0 spiro atoms. The van der Waals surface area contributed by atoms with Gasteiger partial charge in [0.2, 0.25) is 0 Å². The number of halogens is 1. The van der Waals surface area contributed by atoms with E-state index in [0.717, 1.165) is 0 Å². The minimum absolute atomic E-state index is 0.283. The third kappa shape index (κ3) is 3.05. The molecule has 2 N–H and O–H groups in total. The largest absolute Gasteiger partial charge is 0.372 e. The quantitative estimate of drug-likeness (QED) is 0.770. The predicted octanol–water partition coefficient (Wildman–Crippen LogP) is 3.70. The Morgan fingerprint density at radius 1 is 0.833 bits per heavy atom. The SMILES string of the molecule is O=C(Nc1cccc(F)c1)C(O)(c1ccccc1)c1ccccc1. The van der Waals surface area contributed by atoms with Crippen LogP contribution in [-0.2, 0) is 10.4 Å². The van der Waals surface area contributed by atoms with Gasteiger partial charge in [-0.05, 0) is 29.3 Å². The van der Waals surface area contributed by atoms with Crippen LogP contribution in [0.1, 0.15) is 11.1 Å². The van der Waals surface area contributed by atoms with E-state index in [1.54, 1.807) is 66.7 Å². The highest BCUT2D eigenvalue weighted by Gasteiger charge is 2.39. The zero-order valence-corrected chi connectivity index (χ0v) is 12.8. The van der Waals surface area contributed by atoms with Gasteiger partial charge >= 0.3 is 0 Å². The van der Waals surface area contributed by atoms with Crippen molar-refractivity contribution in [1.82, 2.24) is 0 Å². The highest BCUT2D eigenvalue weighted by Crippen LogP contribution is 2.31. The first-order valence-corrected chi connectivity index (χ1v) is 7.51. The highest BCUT2D eigenvalue weighted by atomic mass is 19.1. The van der Waals surface area contributed by atoms with E-state index >= 15 is 0 Å². The van der Waals surface area contributed by atoms with E-state index in [0.29, 0.717) is 11.1 Å². The van der Waals surface area contributed by atoms with Crippen molar-refractivity contribution in [2.45, 2.75) is 5.60 Å². The lowest BCUT2D eigenvalue weighted by Crippen LogP contribution is -2.41. The number of amides is 1. The third-order valence-electron chi connectivity index (χ3n) is 3.79. The molecule has 0 unspecified atom stereocenters. The van der Waals surface area contributed by atoms with E-state index < -0.39 is 17.3 Å². The van der Waals surface area contributed by atoms with Crippen LogP contribution in [-0.4, -0.2) is 11.0 Å². The maximum atomic E-state index is 13.3. The van der Waals surface area contributed by atoms with Gasteiger partial charge in [0.25, 0.3) is 5.91 Å². The number of hydrogen-bond donors (Lipinski definition) is 2. The van der Waals surface area contributed by atoms with Gasteiger partial charge in [-0.25, -0.2) is 4.39 Å². The zero-order chi connectivity index (χ0) is 17.0. The molecular formula is C20H16FNO2. The van der Waals surface area contributed by atoms with E-state index in [1.165, 1.54) is 18.2 Å². The van der Waals surface area contributed by atoms with Crippen LogP contribution >= 0.6 is 0 Å². The summed E-state index contributed by atoms with van der Waals surface area (Å²) in [4.78, 5) is 12.9. The zero-order valence-electron chi connectivity index (χ0n) is 12.8. The maximum Gasteiger partial charge on any atom is 0.265 e. The van der Waals surface area contributed by atoms with Crippen molar-refractivity contribution < 1.29 is 14.3 Å². The molecule has 0 heterocycles. The molecule has 120 valence electrons. The lowest BCUT2D eigenvalue weighted by atomic mass is 9.85. The standard InChI is InChI=1S/C20H16FNO2/c21-17-12-7-13-18(14-17)22-19(23)20(24,15-8-3-1-4-9-15)16-10-5-2-6-11-16/h1-14,24H,(H,22,23). The summed E-state index contributed by atoms with van der Waals surface area (Å²) in [7, 11) is 0. The van der Waals surface area contributed by atoms with E-state index in [9.17, 15) is 14.3 Å². The van der Waals surface area contributed by atoms with Crippen LogP contribution in [0.25, 0.3) is 0 Å². The summed E-state index contributed by atoms with van der Waals surface area (Å²) < 4.78 is 13.3. The second-order valence-corrected chi connectivity index (χ2v) is 5.41. The fraction of sp³-hybridized carbons (Fsp3) is 0.0500. The molecule has 0 atom stereocenters. The van der Waals surface area contributed by atoms with Crippen LogP contribution in [0, 0.1) is 5.82 Å². The molecular weight excluding hydrogens is 305 g/mol. The van der Waals surface area contributed by atoms with E-state index in [1.807, 2.05) is 0 Å². The Balaban J connectivity index is 2.03. The van der Waals surface area contributed by atoms with Gasteiger partial charge in [-0.1, -0.05) is 66.7 Å². The Morgan fingerprint density at radius 3 is 1.88 bits per heavy atom. The minimum atomic E-state index is -1.88. The first-order valence-electron chi connectivity index (χ1n) is 7.51. The van der Waals surface area contributed by atoms with E-state index in [2.05, 4.69) is 5.32 Å². The lowest BCUT2D eigenvalue weighted by molar-refractivity contribution is -0.131. The van der Waals surface area contributed by atoms with Gasteiger partial charge in [0.1, 0.15) is 5.82 Å². The molecule has 0 aliphatic heterocycles. The molecule has 0 bridgehead atoms. The summed E-state index contributed by atoms with van der Waals surface area (Å²) in [5, 5.41) is 13.8.